The van der Waals surface area contributed by atoms with Crippen LogP contribution in [0.5, 0.6) is 0 Å². The molecule has 0 spiro atoms. The maximum Gasteiger partial charge on any atom is 0.336 e. The van der Waals surface area contributed by atoms with Gasteiger partial charge in [-0.2, -0.15) is 0 Å². The second-order valence-electron chi connectivity index (χ2n) is 4.33. The molecule has 19 heavy (non-hydrogen) atoms. The first-order chi connectivity index (χ1) is 8.91. The molecule has 0 amide bonds. The third-order valence-corrected chi connectivity index (χ3v) is 4.07. The van der Waals surface area contributed by atoms with Crippen molar-refractivity contribution >= 4 is 24.2 Å². The molecular formula is C13H16NO4P. The van der Waals surface area contributed by atoms with Crippen LogP contribution in [0.25, 0.3) is 11.0 Å². The molecule has 2 aromatic rings. The fourth-order valence-corrected chi connectivity index (χ4v) is 3.07. The molecule has 0 fully saturated rings. The number of anilines is 1. The minimum atomic E-state index is -2.89. The smallest absolute Gasteiger partial charge is 0.336 e. The average molecular weight is 281 g/mol. The molecule has 0 aliphatic heterocycles. The molecule has 5 nitrogen and oxygen atoms in total. The van der Waals surface area contributed by atoms with Crippen LogP contribution in [0, 0.1) is 6.92 Å². The summed E-state index contributed by atoms with van der Waals surface area (Å²) in [5, 5.41) is 3.68. The molecule has 1 aromatic carbocycles. The Balaban J connectivity index is 2.42. The molecule has 1 aromatic heterocycles. The van der Waals surface area contributed by atoms with E-state index in [4.69, 9.17) is 8.94 Å². The van der Waals surface area contributed by atoms with Gasteiger partial charge in [-0.25, -0.2) is 4.79 Å². The Morgan fingerprint density at radius 2 is 2.11 bits per heavy atom. The van der Waals surface area contributed by atoms with Crippen molar-refractivity contribution in [2.45, 2.75) is 13.8 Å². The van der Waals surface area contributed by atoms with Crippen LogP contribution in [-0.4, -0.2) is 13.3 Å². The second-order valence-corrected chi connectivity index (χ2v) is 6.51. The van der Waals surface area contributed by atoms with Gasteiger partial charge in [0.15, 0.2) is 0 Å². The molecule has 0 bridgehead atoms. The second kappa shape index (κ2) is 5.19. The fraction of sp³-hybridized carbons (Fsp3) is 0.308. The van der Waals surface area contributed by atoms with Crippen molar-refractivity contribution in [2.75, 3.05) is 18.4 Å². The van der Waals surface area contributed by atoms with Gasteiger partial charge in [0.25, 0.3) is 7.52 Å². The molecule has 0 aliphatic carbocycles. The monoisotopic (exact) mass is 281 g/mol. The Bertz CT molecular complexity index is 707. The van der Waals surface area contributed by atoms with Crippen LogP contribution in [0.1, 0.15) is 12.5 Å². The highest BCUT2D eigenvalue weighted by molar-refractivity contribution is 7.59. The average Bonchev–Trinajstić information content (AvgIpc) is 2.26. The van der Waals surface area contributed by atoms with Crippen LogP contribution < -0.4 is 10.7 Å². The molecule has 1 heterocycles. The number of hydrogen-bond donors (Lipinski definition) is 1. The van der Waals surface area contributed by atoms with Crippen LogP contribution in [0.15, 0.2) is 33.5 Å². The number of fused-ring (bicyclic) bond motifs is 1. The molecule has 1 unspecified atom stereocenters. The van der Waals surface area contributed by atoms with E-state index in [0.717, 1.165) is 10.9 Å². The summed E-state index contributed by atoms with van der Waals surface area (Å²) in [6.45, 7) is 5.49. The van der Waals surface area contributed by atoms with Crippen molar-refractivity contribution in [1.29, 1.82) is 0 Å². The van der Waals surface area contributed by atoms with Crippen LogP contribution >= 0.6 is 7.52 Å². The number of hydrogen-bond acceptors (Lipinski definition) is 4. The summed E-state index contributed by atoms with van der Waals surface area (Å²) < 4.78 is 22.3. The van der Waals surface area contributed by atoms with Gasteiger partial charge in [0.05, 0.1) is 6.61 Å². The summed E-state index contributed by atoms with van der Waals surface area (Å²) in [5.74, 6) is 0. The topological polar surface area (TPSA) is 68.5 Å². The zero-order valence-corrected chi connectivity index (χ0v) is 12.0. The lowest BCUT2D eigenvalue weighted by Gasteiger charge is -2.15. The van der Waals surface area contributed by atoms with Crippen LogP contribution in [0.2, 0.25) is 0 Å². The van der Waals surface area contributed by atoms with Gasteiger partial charge >= 0.3 is 5.63 Å². The van der Waals surface area contributed by atoms with E-state index in [1.54, 1.807) is 19.1 Å². The highest BCUT2D eigenvalue weighted by Crippen LogP contribution is 2.42. The third-order valence-electron chi connectivity index (χ3n) is 2.66. The normalized spacial score (nSPS) is 14.3. The summed E-state index contributed by atoms with van der Waals surface area (Å²) in [5.41, 5.74) is 1.51. The van der Waals surface area contributed by atoms with Gasteiger partial charge in [-0.15, -0.1) is 0 Å². The van der Waals surface area contributed by atoms with Crippen LogP contribution in [-0.2, 0) is 9.09 Å². The lowest BCUT2D eigenvalue weighted by Crippen LogP contribution is -2.01. The zero-order valence-electron chi connectivity index (χ0n) is 11.1. The maximum absolute atomic E-state index is 12.0. The Labute approximate surface area is 111 Å². The van der Waals surface area contributed by atoms with Crippen molar-refractivity contribution in [3.05, 3.63) is 40.2 Å². The van der Waals surface area contributed by atoms with Crippen molar-refractivity contribution in [2.24, 2.45) is 0 Å². The molecule has 0 radical (unpaired) electrons. The van der Waals surface area contributed by atoms with Crippen molar-refractivity contribution in [1.82, 2.24) is 0 Å². The fourth-order valence-electron chi connectivity index (χ4n) is 1.91. The highest BCUT2D eigenvalue weighted by atomic mass is 31.2. The Morgan fingerprint density at radius 3 is 2.79 bits per heavy atom. The van der Waals surface area contributed by atoms with E-state index in [1.165, 1.54) is 12.7 Å². The summed E-state index contributed by atoms with van der Waals surface area (Å²) in [4.78, 5) is 11.3. The molecular weight excluding hydrogens is 265 g/mol. The SMILES string of the molecule is CCOP(C)(=O)Nc1ccc2c(C)cc(=O)oc2c1. The molecule has 0 saturated carbocycles. The molecule has 0 saturated heterocycles. The largest absolute Gasteiger partial charge is 0.423 e. The van der Waals surface area contributed by atoms with E-state index in [9.17, 15) is 9.36 Å². The zero-order chi connectivity index (χ0) is 14.0. The Kier molecular flexibility index (Phi) is 3.78. The lowest BCUT2D eigenvalue weighted by molar-refractivity contribution is 0.341. The summed E-state index contributed by atoms with van der Waals surface area (Å²) in [6, 6.07) is 6.70. The Hall–Kier alpha value is -1.58. The minimum Gasteiger partial charge on any atom is -0.423 e. The Morgan fingerprint density at radius 1 is 1.37 bits per heavy atom. The van der Waals surface area contributed by atoms with E-state index >= 15 is 0 Å². The van der Waals surface area contributed by atoms with Gasteiger partial charge in [-0.05, 0) is 31.5 Å². The molecule has 2 rings (SSSR count). The van der Waals surface area contributed by atoms with Gasteiger partial charge < -0.3 is 14.0 Å². The molecule has 6 heteroatoms. The molecule has 1 atom stereocenters. The van der Waals surface area contributed by atoms with E-state index in [2.05, 4.69) is 5.09 Å². The number of benzene rings is 1. The lowest BCUT2D eigenvalue weighted by atomic mass is 10.1. The first-order valence-electron chi connectivity index (χ1n) is 5.96. The number of nitrogens with one attached hydrogen (secondary N) is 1. The quantitative estimate of drug-likeness (QED) is 0.687. The van der Waals surface area contributed by atoms with E-state index < -0.39 is 13.1 Å². The summed E-state index contributed by atoms with van der Waals surface area (Å²) in [7, 11) is -2.89. The molecule has 1 N–H and O–H groups in total. The maximum atomic E-state index is 12.0. The van der Waals surface area contributed by atoms with E-state index in [1.807, 2.05) is 13.0 Å². The first-order valence-corrected chi connectivity index (χ1v) is 8.03. The number of rotatable bonds is 4. The highest BCUT2D eigenvalue weighted by Gasteiger charge is 2.15. The van der Waals surface area contributed by atoms with Gasteiger partial charge in [0.1, 0.15) is 5.58 Å². The predicted octanol–water partition coefficient (Wildman–Crippen LogP) is 3.37. The van der Waals surface area contributed by atoms with Gasteiger partial charge in [0.2, 0.25) is 0 Å². The van der Waals surface area contributed by atoms with Gasteiger partial charge in [0, 0.05) is 29.9 Å². The minimum absolute atomic E-state index is 0.364. The third kappa shape index (κ3) is 3.25. The summed E-state index contributed by atoms with van der Waals surface area (Å²) >= 11 is 0. The van der Waals surface area contributed by atoms with Gasteiger partial charge in [-0.3, -0.25) is 4.57 Å². The van der Waals surface area contributed by atoms with E-state index in [0.29, 0.717) is 17.9 Å². The standard InChI is InChI=1S/C13H16NO4P/c1-4-17-19(3,16)14-10-5-6-11-9(2)7-13(15)18-12(11)8-10/h5-8H,4H2,1-3H3,(H,14,16). The van der Waals surface area contributed by atoms with Crippen LogP contribution in [0.3, 0.4) is 0 Å². The van der Waals surface area contributed by atoms with Gasteiger partial charge in [-0.1, -0.05) is 0 Å². The molecule has 0 aliphatic rings. The number of aryl methyl sites for hydroxylation is 1. The predicted molar refractivity (Wildman–Crippen MR) is 76.0 cm³/mol. The molecule has 102 valence electrons. The van der Waals surface area contributed by atoms with Crippen molar-refractivity contribution in [3.63, 3.8) is 0 Å². The van der Waals surface area contributed by atoms with Crippen molar-refractivity contribution < 1.29 is 13.5 Å². The van der Waals surface area contributed by atoms with Crippen LogP contribution in [0.4, 0.5) is 5.69 Å². The van der Waals surface area contributed by atoms with E-state index in [-0.39, 0.29) is 0 Å². The summed E-state index contributed by atoms with van der Waals surface area (Å²) in [6.07, 6.45) is 0. The van der Waals surface area contributed by atoms with Crippen molar-refractivity contribution in [3.8, 4) is 0 Å². The first kappa shape index (κ1) is 13.8.